The summed E-state index contributed by atoms with van der Waals surface area (Å²) in [5.41, 5.74) is 1.34. The summed E-state index contributed by atoms with van der Waals surface area (Å²) in [5.74, 6) is 0. The fourth-order valence-corrected chi connectivity index (χ4v) is 0.470. The molecule has 0 aliphatic heterocycles. The van der Waals surface area contributed by atoms with Gasteiger partial charge in [0.1, 0.15) is 0 Å². The molecular weight excluding hydrogens is 339 g/mol. The van der Waals surface area contributed by atoms with E-state index in [2.05, 4.69) is 39.8 Å². The van der Waals surface area contributed by atoms with Crippen molar-refractivity contribution in [1.82, 2.24) is 0 Å². The Labute approximate surface area is 99.4 Å². The molecule has 0 saturated carbocycles. The summed E-state index contributed by atoms with van der Waals surface area (Å²) in [4.78, 5) is 0. The fraction of sp³-hybridized carbons (Fsp3) is 0.333. The van der Waals surface area contributed by atoms with Gasteiger partial charge in [0.15, 0.2) is 0 Å². The van der Waals surface area contributed by atoms with Crippen LogP contribution in [0.3, 0.4) is 0 Å². The smallest absolute Gasteiger partial charge is 0.346 e. The largest absolute Gasteiger partial charge is 4.00 e. The van der Waals surface area contributed by atoms with Crippen molar-refractivity contribution in [3.05, 3.63) is 50.6 Å². The van der Waals surface area contributed by atoms with Crippen molar-refractivity contribution in [2.45, 2.75) is 27.7 Å². The normalized spacial score (nSPS) is 5.46. The number of rotatable bonds is 0. The molecule has 0 aliphatic rings. The zero-order chi connectivity index (χ0) is 10.4. The van der Waals surface area contributed by atoms with Crippen molar-refractivity contribution in [1.29, 1.82) is 0 Å². The molecule has 0 nitrogen and oxygen atoms in total. The van der Waals surface area contributed by atoms with E-state index >= 15 is 0 Å². The molecule has 80 valence electrons. The Bertz CT molecular complexity index is 109. The summed E-state index contributed by atoms with van der Waals surface area (Å²) in [5, 5.41) is 0. The second-order valence-corrected chi connectivity index (χ2v) is 1.46. The molecule has 0 spiro atoms. The van der Waals surface area contributed by atoms with Crippen LogP contribution in [0.1, 0.15) is 26.3 Å². The van der Waals surface area contributed by atoms with Crippen molar-refractivity contribution >= 4 is 0 Å². The Balaban J connectivity index is -0.0000000508. The van der Waals surface area contributed by atoms with Crippen molar-refractivity contribution in [3.63, 3.8) is 0 Å². The van der Waals surface area contributed by atoms with E-state index < -0.39 is 0 Å². The minimum Gasteiger partial charge on any atom is -0.346 e. The number of hydrogen-bond donors (Lipinski definition) is 0. The molecule has 0 amide bonds. The molecule has 1 aromatic rings. The van der Waals surface area contributed by atoms with Crippen LogP contribution in [0.4, 0.5) is 0 Å². The molecule has 1 aromatic carbocycles. The molecule has 0 saturated heterocycles. The Hall–Kier alpha value is 0.0383. The summed E-state index contributed by atoms with van der Waals surface area (Å²) >= 11 is 0. The van der Waals surface area contributed by atoms with Crippen LogP contribution in [-0.4, -0.2) is 0 Å². The zero-order valence-corrected chi connectivity index (χ0v) is 11.5. The maximum Gasteiger partial charge on any atom is 4.00 e. The standard InChI is InChI=1S/C6H7.3C2H5.Pt/c1-6-4-2-3-5-6;3*1-2;/h2-5H,1H3;3*1H2,2H3;/q4*-1;+4. The Morgan fingerprint density at radius 2 is 1.00 bits per heavy atom. The second-order valence-electron chi connectivity index (χ2n) is 1.46. The summed E-state index contributed by atoms with van der Waals surface area (Å²) in [7, 11) is 0. The first-order chi connectivity index (χ1) is 5.89. The first-order valence-corrected chi connectivity index (χ1v) is 4.20. The van der Waals surface area contributed by atoms with E-state index in [-0.39, 0.29) is 21.1 Å². The summed E-state index contributed by atoms with van der Waals surface area (Å²) in [6.07, 6.45) is 0. The number of aryl methyl sites for hydroxylation is 1. The van der Waals surface area contributed by atoms with Gasteiger partial charge in [0.05, 0.1) is 0 Å². The third kappa shape index (κ3) is 24.5. The quantitative estimate of drug-likeness (QED) is 0.607. The van der Waals surface area contributed by atoms with E-state index in [4.69, 9.17) is 0 Å². The molecule has 1 rings (SSSR count). The average molecular weight is 361 g/mol. The molecule has 1 heteroatoms. The maximum absolute atomic E-state index is 3.25. The first-order valence-electron chi connectivity index (χ1n) is 4.20. The van der Waals surface area contributed by atoms with E-state index in [0.717, 1.165) is 0 Å². The van der Waals surface area contributed by atoms with Gasteiger partial charge in [-0.25, -0.2) is 12.1 Å². The minimum atomic E-state index is 0. The summed E-state index contributed by atoms with van der Waals surface area (Å²) in [6.45, 7) is 17.1. The second kappa shape index (κ2) is 29.6. The van der Waals surface area contributed by atoms with Crippen LogP contribution >= 0.6 is 0 Å². The Kier molecular flexibility index (Phi) is 52.7. The molecule has 0 N–H and O–H groups in total. The third-order valence-electron chi connectivity index (χ3n) is 0.829. The summed E-state index contributed by atoms with van der Waals surface area (Å²) in [6, 6.07) is 8.24. The van der Waals surface area contributed by atoms with Crippen LogP contribution in [-0.2, 0) is 21.1 Å². The van der Waals surface area contributed by atoms with Gasteiger partial charge in [-0.3, -0.25) is 0 Å². The van der Waals surface area contributed by atoms with Crippen molar-refractivity contribution in [2.75, 3.05) is 0 Å². The SMILES string of the molecule is C[c-]1cccc1.[CH2-]C.[CH2-]C.[CH2-]C.[Pt+4]. The molecule has 0 aromatic heterocycles. The van der Waals surface area contributed by atoms with Gasteiger partial charge >= 0.3 is 21.1 Å². The van der Waals surface area contributed by atoms with E-state index in [1.165, 1.54) is 5.56 Å². The topological polar surface area (TPSA) is 0 Å². The van der Waals surface area contributed by atoms with Crippen LogP contribution in [0.25, 0.3) is 0 Å². The van der Waals surface area contributed by atoms with Gasteiger partial charge in [-0.2, -0.15) is 38.5 Å². The molecule has 0 aliphatic carbocycles. The van der Waals surface area contributed by atoms with Gasteiger partial charge in [-0.15, -0.1) is 0 Å². The molecule has 13 heavy (non-hydrogen) atoms. The van der Waals surface area contributed by atoms with Gasteiger partial charge in [0.25, 0.3) is 0 Å². The van der Waals surface area contributed by atoms with Crippen molar-refractivity contribution in [2.24, 2.45) is 0 Å². The average Bonchev–Trinajstić information content (AvgIpc) is 2.66. The predicted octanol–water partition coefficient (Wildman–Crippen LogP) is 4.23. The van der Waals surface area contributed by atoms with Gasteiger partial charge in [0, 0.05) is 0 Å². The molecule has 0 radical (unpaired) electrons. The van der Waals surface area contributed by atoms with E-state index in [0.29, 0.717) is 0 Å². The predicted molar refractivity (Wildman–Crippen MR) is 59.9 cm³/mol. The maximum atomic E-state index is 3.25. The minimum absolute atomic E-state index is 0. The summed E-state index contributed by atoms with van der Waals surface area (Å²) < 4.78 is 0. The van der Waals surface area contributed by atoms with Crippen molar-refractivity contribution in [3.8, 4) is 0 Å². The van der Waals surface area contributed by atoms with Gasteiger partial charge < -0.3 is 20.8 Å². The Morgan fingerprint density at radius 3 is 1.08 bits per heavy atom. The van der Waals surface area contributed by atoms with Crippen LogP contribution in [0.15, 0.2) is 24.3 Å². The van der Waals surface area contributed by atoms with E-state index in [9.17, 15) is 0 Å². The molecule has 0 atom stereocenters. The van der Waals surface area contributed by atoms with E-state index in [1.54, 1.807) is 20.8 Å². The Morgan fingerprint density at radius 1 is 0.769 bits per heavy atom. The van der Waals surface area contributed by atoms with Crippen LogP contribution < -0.4 is 0 Å². The molecule has 0 fully saturated rings. The molecule has 0 heterocycles. The van der Waals surface area contributed by atoms with Crippen LogP contribution in [0.5, 0.6) is 0 Å². The molecule has 0 bridgehead atoms. The van der Waals surface area contributed by atoms with Gasteiger partial charge in [-0.1, -0.05) is 6.92 Å². The van der Waals surface area contributed by atoms with Gasteiger partial charge in [0.2, 0.25) is 0 Å². The van der Waals surface area contributed by atoms with Gasteiger partial charge in [-0.05, 0) is 0 Å². The monoisotopic (exact) mass is 361 g/mol. The third-order valence-corrected chi connectivity index (χ3v) is 0.829. The van der Waals surface area contributed by atoms with Crippen LogP contribution in [0, 0.1) is 27.7 Å². The molecule has 0 unspecified atom stereocenters. The number of hydrogen-bond acceptors (Lipinski definition) is 0. The van der Waals surface area contributed by atoms with E-state index in [1.807, 2.05) is 12.1 Å². The zero-order valence-electron chi connectivity index (χ0n) is 9.25. The first kappa shape index (κ1) is 23.1. The fourth-order valence-electron chi connectivity index (χ4n) is 0.470. The van der Waals surface area contributed by atoms with Crippen molar-refractivity contribution < 1.29 is 21.1 Å². The molecular formula is C12H22Pt. The van der Waals surface area contributed by atoms with Crippen LogP contribution in [0.2, 0.25) is 0 Å².